The molecule has 6 heteroatoms. The van der Waals surface area contributed by atoms with Crippen LogP contribution in [0, 0.1) is 5.92 Å². The van der Waals surface area contributed by atoms with Crippen molar-refractivity contribution in [3.05, 3.63) is 29.3 Å². The first-order valence-corrected chi connectivity index (χ1v) is 5.69. The average Bonchev–Trinajstić information content (AvgIpc) is 2.67. The van der Waals surface area contributed by atoms with Crippen LogP contribution in [0.4, 0.5) is 0 Å². The monoisotopic (exact) mass is 251 g/mol. The molecule has 0 spiro atoms. The van der Waals surface area contributed by atoms with Gasteiger partial charge in [-0.05, 0) is 12.1 Å². The maximum atomic E-state index is 10.8. The van der Waals surface area contributed by atoms with Crippen LogP contribution in [-0.4, -0.2) is 27.1 Å². The summed E-state index contributed by atoms with van der Waals surface area (Å²) in [7, 11) is 0. The summed E-state index contributed by atoms with van der Waals surface area (Å²) >= 11 is 1.32. The van der Waals surface area contributed by atoms with Crippen molar-refractivity contribution in [1.82, 2.24) is 4.98 Å². The Morgan fingerprint density at radius 3 is 2.47 bits per heavy atom. The lowest BCUT2D eigenvalue weighted by atomic mass is 10.1. The molecule has 1 aromatic carbocycles. The highest BCUT2D eigenvalue weighted by Gasteiger charge is 2.27. The van der Waals surface area contributed by atoms with E-state index < -0.39 is 17.9 Å². The lowest BCUT2D eigenvalue weighted by Crippen LogP contribution is -2.25. The van der Waals surface area contributed by atoms with Crippen LogP contribution >= 0.6 is 11.3 Å². The second-order valence-electron chi connectivity index (χ2n) is 3.51. The van der Waals surface area contributed by atoms with E-state index in [1.165, 1.54) is 11.3 Å². The van der Waals surface area contributed by atoms with Gasteiger partial charge >= 0.3 is 11.9 Å². The number of carbonyl (C=O) groups is 2. The number of carboxylic acids is 2. The smallest absolute Gasteiger partial charge is 0.318 e. The normalized spacial score (nSPS) is 10.9. The molecule has 0 saturated carbocycles. The zero-order valence-corrected chi connectivity index (χ0v) is 9.48. The van der Waals surface area contributed by atoms with Gasteiger partial charge in [-0.15, -0.1) is 11.3 Å². The van der Waals surface area contributed by atoms with Gasteiger partial charge in [-0.1, -0.05) is 12.1 Å². The van der Waals surface area contributed by atoms with Crippen molar-refractivity contribution in [2.45, 2.75) is 6.42 Å². The quantitative estimate of drug-likeness (QED) is 0.806. The molecule has 0 saturated heterocycles. The molecule has 0 bridgehead atoms. The molecule has 1 heterocycles. The number of benzene rings is 1. The fourth-order valence-corrected chi connectivity index (χ4v) is 2.47. The summed E-state index contributed by atoms with van der Waals surface area (Å²) in [6, 6.07) is 7.37. The molecule has 5 nitrogen and oxygen atoms in total. The molecule has 17 heavy (non-hydrogen) atoms. The van der Waals surface area contributed by atoms with Gasteiger partial charge in [-0.2, -0.15) is 0 Å². The number of thiazole rings is 1. The number of para-hydroxylation sites is 1. The second-order valence-corrected chi connectivity index (χ2v) is 4.62. The van der Waals surface area contributed by atoms with Crippen molar-refractivity contribution in [3.63, 3.8) is 0 Å². The first kappa shape index (κ1) is 11.5. The van der Waals surface area contributed by atoms with Crippen molar-refractivity contribution in [1.29, 1.82) is 0 Å². The highest BCUT2D eigenvalue weighted by Crippen LogP contribution is 2.23. The summed E-state index contributed by atoms with van der Waals surface area (Å²) in [4.78, 5) is 25.7. The Bertz CT molecular complexity index is 531. The van der Waals surface area contributed by atoms with E-state index in [1.807, 2.05) is 24.3 Å². The molecule has 0 unspecified atom stereocenters. The van der Waals surface area contributed by atoms with Crippen LogP contribution in [0.1, 0.15) is 5.01 Å². The fourth-order valence-electron chi connectivity index (χ4n) is 1.46. The van der Waals surface area contributed by atoms with E-state index in [-0.39, 0.29) is 6.42 Å². The van der Waals surface area contributed by atoms with Crippen molar-refractivity contribution in [2.75, 3.05) is 0 Å². The van der Waals surface area contributed by atoms with Crippen LogP contribution in [0.25, 0.3) is 10.2 Å². The maximum absolute atomic E-state index is 10.8. The number of rotatable bonds is 4. The van der Waals surface area contributed by atoms with Crippen molar-refractivity contribution < 1.29 is 19.8 Å². The summed E-state index contributed by atoms with van der Waals surface area (Å²) in [5, 5.41) is 18.1. The predicted molar refractivity (Wildman–Crippen MR) is 62.1 cm³/mol. The summed E-state index contributed by atoms with van der Waals surface area (Å²) in [6.45, 7) is 0. The van der Waals surface area contributed by atoms with Gasteiger partial charge in [-0.25, -0.2) is 4.98 Å². The third kappa shape index (κ3) is 2.42. The van der Waals surface area contributed by atoms with E-state index in [4.69, 9.17) is 10.2 Å². The minimum absolute atomic E-state index is 0.0794. The Morgan fingerprint density at radius 2 is 1.88 bits per heavy atom. The van der Waals surface area contributed by atoms with Crippen LogP contribution in [0.2, 0.25) is 0 Å². The van der Waals surface area contributed by atoms with Crippen LogP contribution < -0.4 is 0 Å². The predicted octanol–water partition coefficient (Wildman–Crippen LogP) is 1.62. The molecule has 2 N–H and O–H groups in total. The van der Waals surface area contributed by atoms with Crippen LogP contribution in [0.3, 0.4) is 0 Å². The molecule has 2 rings (SSSR count). The standard InChI is InChI=1S/C11H9NO4S/c13-10(14)6(11(15)16)5-9-12-7-3-1-2-4-8(7)17-9/h1-4,6H,5H2,(H,13,14)(H,15,16). The molecule has 0 aliphatic heterocycles. The third-order valence-corrected chi connectivity index (χ3v) is 3.37. The molecular formula is C11H9NO4S. The first-order valence-electron chi connectivity index (χ1n) is 4.88. The van der Waals surface area contributed by atoms with Gasteiger partial charge in [0.1, 0.15) is 0 Å². The van der Waals surface area contributed by atoms with E-state index in [2.05, 4.69) is 4.98 Å². The lowest BCUT2D eigenvalue weighted by molar-refractivity contribution is -0.154. The van der Waals surface area contributed by atoms with Crippen molar-refractivity contribution >= 4 is 33.5 Å². The van der Waals surface area contributed by atoms with Crippen molar-refractivity contribution in [3.8, 4) is 0 Å². The molecule has 0 atom stereocenters. The average molecular weight is 251 g/mol. The highest BCUT2D eigenvalue weighted by molar-refractivity contribution is 7.18. The van der Waals surface area contributed by atoms with Gasteiger partial charge in [0.05, 0.1) is 15.2 Å². The van der Waals surface area contributed by atoms with Gasteiger partial charge in [-0.3, -0.25) is 9.59 Å². The van der Waals surface area contributed by atoms with Gasteiger partial charge in [0, 0.05) is 6.42 Å². The molecule has 1 aromatic heterocycles. The largest absolute Gasteiger partial charge is 0.481 e. The summed E-state index contributed by atoms with van der Waals surface area (Å²) < 4.78 is 0.928. The minimum Gasteiger partial charge on any atom is -0.481 e. The van der Waals surface area contributed by atoms with Gasteiger partial charge in [0.15, 0.2) is 5.92 Å². The molecule has 0 fully saturated rings. The van der Waals surface area contributed by atoms with E-state index in [0.717, 1.165) is 10.2 Å². The molecule has 0 radical (unpaired) electrons. The topological polar surface area (TPSA) is 87.5 Å². The lowest BCUT2D eigenvalue weighted by Gasteiger charge is -2.03. The van der Waals surface area contributed by atoms with Gasteiger partial charge in [0.25, 0.3) is 0 Å². The van der Waals surface area contributed by atoms with E-state index in [0.29, 0.717) is 5.01 Å². The molecule has 2 aromatic rings. The molecule has 88 valence electrons. The number of hydrogen-bond acceptors (Lipinski definition) is 4. The second kappa shape index (κ2) is 4.50. The first-order chi connectivity index (χ1) is 8.08. The summed E-state index contributed by atoms with van der Waals surface area (Å²) in [5.74, 6) is -4.11. The number of nitrogens with zero attached hydrogens (tertiary/aromatic N) is 1. The molecule has 0 amide bonds. The van der Waals surface area contributed by atoms with Crippen molar-refractivity contribution in [2.24, 2.45) is 5.92 Å². The Morgan fingerprint density at radius 1 is 1.24 bits per heavy atom. The Kier molecular flexibility index (Phi) is 3.06. The maximum Gasteiger partial charge on any atom is 0.318 e. The number of fused-ring (bicyclic) bond motifs is 1. The van der Waals surface area contributed by atoms with Crippen LogP contribution in [0.15, 0.2) is 24.3 Å². The van der Waals surface area contributed by atoms with Crippen LogP contribution in [-0.2, 0) is 16.0 Å². The zero-order chi connectivity index (χ0) is 12.4. The minimum atomic E-state index is -1.43. The molecular weight excluding hydrogens is 242 g/mol. The summed E-state index contributed by atoms with van der Waals surface area (Å²) in [6.07, 6.45) is -0.0794. The number of aromatic nitrogens is 1. The Hall–Kier alpha value is -1.95. The Balaban J connectivity index is 2.28. The Labute approximate surface area is 100 Å². The molecule has 0 aliphatic rings. The zero-order valence-electron chi connectivity index (χ0n) is 8.66. The van der Waals surface area contributed by atoms with E-state index in [9.17, 15) is 9.59 Å². The van der Waals surface area contributed by atoms with E-state index >= 15 is 0 Å². The SMILES string of the molecule is O=C(O)C(Cc1nc2ccccc2s1)C(=O)O. The third-order valence-electron chi connectivity index (χ3n) is 2.31. The number of carboxylic acid groups (broad SMARTS) is 2. The van der Waals surface area contributed by atoms with Crippen LogP contribution in [0.5, 0.6) is 0 Å². The summed E-state index contributed by atoms with van der Waals surface area (Å²) in [5.41, 5.74) is 0.766. The number of aliphatic carboxylic acids is 2. The fraction of sp³-hybridized carbons (Fsp3) is 0.182. The highest BCUT2D eigenvalue weighted by atomic mass is 32.1. The number of hydrogen-bond donors (Lipinski definition) is 2. The molecule has 0 aliphatic carbocycles. The van der Waals surface area contributed by atoms with Gasteiger partial charge < -0.3 is 10.2 Å². The van der Waals surface area contributed by atoms with Gasteiger partial charge in [0.2, 0.25) is 0 Å². The van der Waals surface area contributed by atoms with E-state index in [1.54, 1.807) is 0 Å².